The molecule has 1 aromatic heterocycles. The lowest BCUT2D eigenvalue weighted by Gasteiger charge is -2.29. The van der Waals surface area contributed by atoms with Crippen molar-refractivity contribution >= 4 is 45.3 Å². The summed E-state index contributed by atoms with van der Waals surface area (Å²) in [6.07, 6.45) is 1.33. The van der Waals surface area contributed by atoms with Gasteiger partial charge in [-0.2, -0.15) is 0 Å². The predicted octanol–water partition coefficient (Wildman–Crippen LogP) is 3.54. The van der Waals surface area contributed by atoms with E-state index in [0.717, 1.165) is 70.4 Å². The number of rotatable bonds is 5. The van der Waals surface area contributed by atoms with Crippen molar-refractivity contribution in [3.8, 4) is 11.1 Å². The molecule has 5 rings (SSSR count). The van der Waals surface area contributed by atoms with Crippen molar-refractivity contribution in [2.75, 3.05) is 43.4 Å². The Bertz CT molecular complexity index is 1350. The third-order valence-corrected chi connectivity index (χ3v) is 6.25. The lowest BCUT2D eigenvalue weighted by atomic mass is 9.97. The maximum atomic E-state index is 12.4. The van der Waals surface area contributed by atoms with Gasteiger partial charge in [0.15, 0.2) is 0 Å². The van der Waals surface area contributed by atoms with E-state index < -0.39 is 5.91 Å². The summed E-state index contributed by atoms with van der Waals surface area (Å²) in [6, 6.07) is 16.2. The summed E-state index contributed by atoms with van der Waals surface area (Å²) in [5.41, 5.74) is 12.6. The maximum Gasteiger partial charge on any atom is 0.250 e. The average Bonchev–Trinajstić information content (AvgIpc) is 3.21. The van der Waals surface area contributed by atoms with E-state index in [1.165, 1.54) is 11.9 Å². The minimum Gasteiger partial charge on any atom is -0.388 e. The number of amides is 1. The number of piperazine rings is 1. The highest BCUT2D eigenvalue weighted by Gasteiger charge is 2.17. The zero-order valence-corrected chi connectivity index (χ0v) is 18.0. The molecule has 1 amide bonds. The molecule has 32 heavy (non-hydrogen) atoms. The molecule has 0 saturated carbocycles. The molecule has 1 aliphatic rings. The minimum absolute atomic E-state index is 0.464. The van der Waals surface area contributed by atoms with E-state index in [1.807, 2.05) is 31.3 Å². The highest BCUT2D eigenvalue weighted by atomic mass is 16.1. The predicted molar refractivity (Wildman–Crippen MR) is 132 cm³/mol. The van der Waals surface area contributed by atoms with Crippen LogP contribution in [0.3, 0.4) is 0 Å². The van der Waals surface area contributed by atoms with Gasteiger partial charge in [0.2, 0.25) is 0 Å². The molecule has 0 atom stereocenters. The first-order chi connectivity index (χ1) is 15.6. The van der Waals surface area contributed by atoms with Crippen LogP contribution in [-0.4, -0.2) is 50.3 Å². The summed E-state index contributed by atoms with van der Waals surface area (Å²) in [5.74, 6) is -0.468. The van der Waals surface area contributed by atoms with Gasteiger partial charge in [-0.25, -0.2) is 0 Å². The van der Waals surface area contributed by atoms with Crippen molar-refractivity contribution in [3.63, 3.8) is 0 Å². The quantitative estimate of drug-likeness (QED) is 0.314. The highest BCUT2D eigenvalue weighted by Crippen LogP contribution is 2.35. The minimum atomic E-state index is -0.468. The van der Waals surface area contributed by atoms with Crippen LogP contribution in [-0.2, 0) is 0 Å². The summed E-state index contributed by atoms with van der Waals surface area (Å²) in [4.78, 5) is 18.2. The molecule has 2 heterocycles. The average molecular weight is 427 g/mol. The van der Waals surface area contributed by atoms with Crippen molar-refractivity contribution in [1.82, 2.24) is 10.3 Å². The lowest BCUT2D eigenvalue weighted by Crippen LogP contribution is -2.43. The van der Waals surface area contributed by atoms with E-state index in [2.05, 4.69) is 44.8 Å². The van der Waals surface area contributed by atoms with Gasteiger partial charge in [-0.15, -0.1) is 0 Å². The fourth-order valence-corrected chi connectivity index (χ4v) is 4.56. The summed E-state index contributed by atoms with van der Waals surface area (Å²) in [6.45, 7) is 3.90. The topological polar surface area (TPSA) is 110 Å². The van der Waals surface area contributed by atoms with E-state index >= 15 is 0 Å². The van der Waals surface area contributed by atoms with Crippen molar-refractivity contribution in [2.45, 2.75) is 0 Å². The van der Waals surface area contributed by atoms with Gasteiger partial charge in [0.05, 0.1) is 11.1 Å². The molecule has 4 aromatic rings. The normalized spacial score (nSPS) is 14.1. The number of carbonyl (C=O) groups is 1. The van der Waals surface area contributed by atoms with Crippen LogP contribution in [0.5, 0.6) is 0 Å². The molecular weight excluding hydrogens is 400 g/mol. The van der Waals surface area contributed by atoms with Crippen molar-refractivity contribution in [2.24, 2.45) is 5.73 Å². The number of nitrogens with one attached hydrogen (secondary N) is 4. The first-order valence-electron chi connectivity index (χ1n) is 10.8. The molecule has 0 aliphatic carbocycles. The first-order valence-corrected chi connectivity index (χ1v) is 10.8. The summed E-state index contributed by atoms with van der Waals surface area (Å²) < 4.78 is 0. The molecule has 3 aromatic carbocycles. The smallest absolute Gasteiger partial charge is 0.250 e. The Labute approximate surface area is 186 Å². The van der Waals surface area contributed by atoms with Crippen LogP contribution in [0.2, 0.25) is 0 Å². The Kier molecular flexibility index (Phi) is 5.03. The van der Waals surface area contributed by atoms with Gasteiger partial charge in [0, 0.05) is 72.7 Å². The number of benzene rings is 3. The van der Waals surface area contributed by atoms with Gasteiger partial charge in [-0.3, -0.25) is 4.79 Å². The standard InChI is InChI=1S/C25H26N6O/c1-28-22-5-2-15(10-17(22)14-26)16-11-20-19-4-3-18(31-8-6-29-7-9-31)13-23(19)30-24(20)21(12-16)25(27)32/h2-5,10-14,26,28-30H,6-9H2,1H3,(H2,27,32). The molecule has 7 nitrogen and oxygen atoms in total. The molecule has 6 N–H and O–H groups in total. The molecule has 0 bridgehead atoms. The van der Waals surface area contributed by atoms with Crippen molar-refractivity contribution in [3.05, 3.63) is 59.7 Å². The Morgan fingerprint density at radius 1 is 1.06 bits per heavy atom. The number of primary amides is 1. The molecule has 0 spiro atoms. The van der Waals surface area contributed by atoms with Crippen LogP contribution in [0.1, 0.15) is 15.9 Å². The molecular formula is C25H26N6O. The number of aromatic amines is 1. The summed E-state index contributed by atoms with van der Waals surface area (Å²) in [7, 11) is 1.83. The molecule has 7 heteroatoms. The zero-order chi connectivity index (χ0) is 22.2. The number of hydrogen-bond acceptors (Lipinski definition) is 5. The first kappa shape index (κ1) is 20.1. The highest BCUT2D eigenvalue weighted by molar-refractivity contribution is 6.16. The van der Waals surface area contributed by atoms with Crippen LogP contribution < -0.4 is 21.3 Å². The number of hydrogen-bond donors (Lipinski definition) is 5. The van der Waals surface area contributed by atoms with Crippen LogP contribution in [0.4, 0.5) is 11.4 Å². The monoisotopic (exact) mass is 426 g/mol. The van der Waals surface area contributed by atoms with Crippen LogP contribution >= 0.6 is 0 Å². The van der Waals surface area contributed by atoms with Crippen LogP contribution in [0, 0.1) is 5.41 Å². The molecule has 1 aliphatic heterocycles. The number of fused-ring (bicyclic) bond motifs is 3. The lowest BCUT2D eigenvalue weighted by molar-refractivity contribution is 0.100. The van der Waals surface area contributed by atoms with Crippen LogP contribution in [0.15, 0.2) is 48.5 Å². The molecule has 162 valence electrons. The van der Waals surface area contributed by atoms with Gasteiger partial charge in [-0.1, -0.05) is 12.1 Å². The van der Waals surface area contributed by atoms with E-state index in [1.54, 1.807) is 0 Å². The molecule has 0 unspecified atom stereocenters. The van der Waals surface area contributed by atoms with Gasteiger partial charge in [0.25, 0.3) is 5.91 Å². The van der Waals surface area contributed by atoms with Gasteiger partial charge in [0.1, 0.15) is 0 Å². The third kappa shape index (κ3) is 3.36. The number of aromatic nitrogens is 1. The fraction of sp³-hybridized carbons (Fsp3) is 0.200. The van der Waals surface area contributed by atoms with Crippen molar-refractivity contribution in [1.29, 1.82) is 5.41 Å². The fourth-order valence-electron chi connectivity index (χ4n) is 4.56. The molecule has 0 radical (unpaired) electrons. The largest absolute Gasteiger partial charge is 0.388 e. The Morgan fingerprint density at radius 2 is 1.88 bits per heavy atom. The van der Waals surface area contributed by atoms with E-state index in [9.17, 15) is 4.79 Å². The zero-order valence-electron chi connectivity index (χ0n) is 18.0. The Morgan fingerprint density at radius 3 is 2.59 bits per heavy atom. The summed E-state index contributed by atoms with van der Waals surface area (Å²) in [5, 5.41) is 16.2. The van der Waals surface area contributed by atoms with E-state index in [0.29, 0.717) is 5.56 Å². The summed E-state index contributed by atoms with van der Waals surface area (Å²) >= 11 is 0. The number of H-pyrrole nitrogens is 1. The van der Waals surface area contributed by atoms with Crippen LogP contribution in [0.25, 0.3) is 32.9 Å². The number of anilines is 2. The second kappa shape index (κ2) is 8.01. The molecule has 1 saturated heterocycles. The number of nitrogens with two attached hydrogens (primary N) is 1. The SMILES string of the molecule is CNc1ccc(-c2cc(C(N)=O)c3[nH]c4cc(N5CCNCC5)ccc4c3c2)cc1C=N. The van der Waals surface area contributed by atoms with E-state index in [-0.39, 0.29) is 0 Å². The maximum absolute atomic E-state index is 12.4. The second-order valence-corrected chi connectivity index (χ2v) is 8.10. The number of carbonyl (C=O) groups excluding carboxylic acids is 1. The van der Waals surface area contributed by atoms with Gasteiger partial charge >= 0.3 is 0 Å². The number of nitrogens with zero attached hydrogens (tertiary/aromatic N) is 1. The Hall–Kier alpha value is -3.84. The second-order valence-electron chi connectivity index (χ2n) is 8.10. The van der Waals surface area contributed by atoms with Crippen molar-refractivity contribution < 1.29 is 4.79 Å². The molecule has 1 fully saturated rings. The van der Waals surface area contributed by atoms with Gasteiger partial charge in [-0.05, 0) is 47.5 Å². The third-order valence-electron chi connectivity index (χ3n) is 6.25. The Balaban J connectivity index is 1.68. The van der Waals surface area contributed by atoms with Gasteiger partial charge < -0.3 is 31.7 Å². The van der Waals surface area contributed by atoms with E-state index in [4.69, 9.17) is 11.1 Å².